The summed E-state index contributed by atoms with van der Waals surface area (Å²) in [6.07, 6.45) is 19.7. The molecule has 47 heavy (non-hydrogen) atoms. The van der Waals surface area contributed by atoms with E-state index in [-0.39, 0.29) is 23.7 Å². The van der Waals surface area contributed by atoms with Crippen molar-refractivity contribution in [1.82, 2.24) is 10.2 Å². The average molecular weight is 649 g/mol. The lowest BCUT2D eigenvalue weighted by Crippen LogP contribution is -2.64. The Labute approximate surface area is 282 Å². The van der Waals surface area contributed by atoms with Gasteiger partial charge >= 0.3 is 11.9 Å². The molecule has 5 saturated carbocycles. The fraction of sp³-hybridized carbons (Fsp3) is 0.850. The van der Waals surface area contributed by atoms with E-state index >= 15 is 0 Å². The van der Waals surface area contributed by atoms with E-state index in [2.05, 4.69) is 50.1 Å². The van der Waals surface area contributed by atoms with Crippen molar-refractivity contribution in [3.8, 4) is 0 Å². The molecule has 8 aliphatic rings. The standard InChI is InChI=1S/C40H60N2O5/c1-35(2)28(26-22-38(23-26)24-39(25-38,33(43)44)34(45)46)9-13-37(4)31(35)11-14-36(3)29-10-15-40(41-16-17-42-18-20-47-21-19-42)12-5-6-30(40)27(29)7-8-32(36)37/h9,22,27,29-32,41H,5-8,10-21,23-25H2,1-4H3,(H,43,44)(H,45,46)/t27?,29?,30-,31+,32+,36?,37?,40?/m1/s1. The van der Waals surface area contributed by atoms with Crippen LogP contribution in [0.2, 0.25) is 0 Å². The van der Waals surface area contributed by atoms with Gasteiger partial charge in [0, 0.05) is 31.7 Å². The molecule has 5 unspecified atom stereocenters. The highest BCUT2D eigenvalue weighted by molar-refractivity contribution is 6.00. The largest absolute Gasteiger partial charge is 0.480 e. The first kappa shape index (κ1) is 32.5. The van der Waals surface area contributed by atoms with Gasteiger partial charge in [0.1, 0.15) is 0 Å². The summed E-state index contributed by atoms with van der Waals surface area (Å²) in [4.78, 5) is 26.2. The fourth-order valence-electron chi connectivity index (χ4n) is 14.6. The molecular formula is C40H60N2O5. The minimum atomic E-state index is -1.60. The molecular weight excluding hydrogens is 588 g/mol. The third-order valence-electron chi connectivity index (χ3n) is 16.6. The van der Waals surface area contributed by atoms with Gasteiger partial charge in [0.2, 0.25) is 0 Å². The number of allylic oxidation sites excluding steroid dienone is 4. The maximum atomic E-state index is 11.8. The molecule has 7 heteroatoms. The van der Waals surface area contributed by atoms with Gasteiger partial charge in [-0.05, 0) is 139 Å². The Morgan fingerprint density at radius 3 is 2.32 bits per heavy atom. The second-order valence-corrected chi connectivity index (χ2v) is 18.9. The van der Waals surface area contributed by atoms with Crippen molar-refractivity contribution in [3.05, 3.63) is 23.3 Å². The number of hydrogen-bond donors (Lipinski definition) is 3. The Morgan fingerprint density at radius 1 is 0.894 bits per heavy atom. The predicted octanol–water partition coefficient (Wildman–Crippen LogP) is 6.93. The topological polar surface area (TPSA) is 99.1 Å². The first-order valence-corrected chi connectivity index (χ1v) is 19.2. The van der Waals surface area contributed by atoms with Crippen LogP contribution >= 0.6 is 0 Å². The van der Waals surface area contributed by atoms with E-state index in [0.717, 1.165) is 75.9 Å². The first-order chi connectivity index (χ1) is 22.3. The van der Waals surface area contributed by atoms with Crippen LogP contribution in [0.15, 0.2) is 23.3 Å². The van der Waals surface area contributed by atoms with Gasteiger partial charge < -0.3 is 20.3 Å². The minimum Gasteiger partial charge on any atom is -0.480 e. The van der Waals surface area contributed by atoms with Crippen molar-refractivity contribution in [1.29, 1.82) is 0 Å². The summed E-state index contributed by atoms with van der Waals surface area (Å²) in [5.41, 5.74) is 2.15. The molecule has 7 nitrogen and oxygen atoms in total. The molecule has 1 saturated heterocycles. The third kappa shape index (κ3) is 4.60. The van der Waals surface area contributed by atoms with Gasteiger partial charge in [0.05, 0.1) is 13.2 Å². The summed E-state index contributed by atoms with van der Waals surface area (Å²) >= 11 is 0. The van der Waals surface area contributed by atoms with E-state index in [4.69, 9.17) is 4.74 Å². The number of nitrogens with one attached hydrogen (secondary N) is 1. The van der Waals surface area contributed by atoms with Crippen molar-refractivity contribution in [2.45, 2.75) is 117 Å². The van der Waals surface area contributed by atoms with Gasteiger partial charge in [-0.1, -0.05) is 46.3 Å². The molecule has 0 aromatic rings. The van der Waals surface area contributed by atoms with E-state index in [1.165, 1.54) is 68.9 Å². The van der Waals surface area contributed by atoms with Gasteiger partial charge in [-0.2, -0.15) is 0 Å². The molecule has 8 atom stereocenters. The van der Waals surface area contributed by atoms with Crippen LogP contribution in [0.4, 0.5) is 0 Å². The summed E-state index contributed by atoms with van der Waals surface area (Å²) in [7, 11) is 0. The highest BCUT2D eigenvalue weighted by atomic mass is 16.5. The van der Waals surface area contributed by atoms with E-state index in [1.807, 2.05) is 0 Å². The Bertz CT molecular complexity index is 1360. The van der Waals surface area contributed by atoms with E-state index in [9.17, 15) is 19.8 Å². The number of nitrogens with zero attached hydrogens (tertiary/aromatic N) is 1. The molecule has 1 aliphatic heterocycles. The molecule has 0 aromatic carbocycles. The molecule has 1 heterocycles. The summed E-state index contributed by atoms with van der Waals surface area (Å²) in [5.74, 6) is 1.60. The fourth-order valence-corrected chi connectivity index (χ4v) is 14.6. The van der Waals surface area contributed by atoms with Crippen molar-refractivity contribution < 1.29 is 24.5 Å². The number of carboxylic acids is 2. The minimum absolute atomic E-state index is 0.0661. The zero-order valence-corrected chi connectivity index (χ0v) is 29.5. The molecule has 0 bridgehead atoms. The number of rotatable bonds is 7. The number of fused-ring (bicyclic) bond motifs is 7. The monoisotopic (exact) mass is 648 g/mol. The number of hydrogen-bond acceptors (Lipinski definition) is 5. The van der Waals surface area contributed by atoms with Crippen LogP contribution in [0.3, 0.4) is 0 Å². The van der Waals surface area contributed by atoms with Crippen molar-refractivity contribution in [2.75, 3.05) is 39.4 Å². The molecule has 7 aliphatic carbocycles. The highest BCUT2D eigenvalue weighted by Crippen LogP contribution is 2.73. The lowest BCUT2D eigenvalue weighted by atomic mass is 9.36. The summed E-state index contributed by atoms with van der Waals surface area (Å²) in [5, 5.41) is 23.6. The maximum absolute atomic E-state index is 11.8. The molecule has 0 radical (unpaired) electrons. The number of ether oxygens (including phenoxy) is 1. The Kier molecular flexibility index (Phi) is 7.54. The quantitative estimate of drug-likeness (QED) is 0.258. The number of carbonyl (C=O) groups is 2. The van der Waals surface area contributed by atoms with Crippen LogP contribution < -0.4 is 5.32 Å². The molecule has 3 N–H and O–H groups in total. The van der Waals surface area contributed by atoms with Crippen LogP contribution in [0, 0.1) is 56.7 Å². The van der Waals surface area contributed by atoms with Gasteiger partial charge in [-0.25, -0.2) is 0 Å². The molecule has 6 fully saturated rings. The zero-order valence-electron chi connectivity index (χ0n) is 29.5. The second kappa shape index (κ2) is 10.9. The van der Waals surface area contributed by atoms with Crippen molar-refractivity contribution in [3.63, 3.8) is 0 Å². The Morgan fingerprint density at radius 2 is 1.62 bits per heavy atom. The first-order valence-electron chi connectivity index (χ1n) is 19.2. The van der Waals surface area contributed by atoms with E-state index in [1.54, 1.807) is 0 Å². The molecule has 0 amide bonds. The SMILES string of the molecule is CC1(C)C(C2=CC3(C2)CC(C(=O)O)(C(=O)O)C3)=CCC2(C)[C@H]1CCC1(C)C3CCC4(NCCN5CCOCC5)CCC[C@@H]4C3CC[C@@H]12. The van der Waals surface area contributed by atoms with E-state index in [0.29, 0.717) is 22.3 Å². The maximum Gasteiger partial charge on any atom is 0.321 e. The highest BCUT2D eigenvalue weighted by Gasteiger charge is 2.68. The predicted molar refractivity (Wildman–Crippen MR) is 182 cm³/mol. The Hall–Kier alpha value is -1.70. The van der Waals surface area contributed by atoms with E-state index < -0.39 is 17.4 Å². The molecule has 8 rings (SSSR count). The zero-order chi connectivity index (χ0) is 33.0. The van der Waals surface area contributed by atoms with Crippen LogP contribution in [-0.2, 0) is 14.3 Å². The normalized spacial score (nSPS) is 44.4. The van der Waals surface area contributed by atoms with Crippen LogP contribution in [0.1, 0.15) is 111 Å². The lowest BCUT2D eigenvalue weighted by Gasteiger charge is -2.69. The third-order valence-corrected chi connectivity index (χ3v) is 16.6. The van der Waals surface area contributed by atoms with Crippen LogP contribution in [0.25, 0.3) is 0 Å². The number of carboxylic acid groups (broad SMARTS) is 2. The van der Waals surface area contributed by atoms with Crippen molar-refractivity contribution in [2.24, 2.45) is 56.7 Å². The van der Waals surface area contributed by atoms with Gasteiger partial charge in [-0.15, -0.1) is 0 Å². The molecule has 0 aromatic heterocycles. The van der Waals surface area contributed by atoms with Gasteiger partial charge in [-0.3, -0.25) is 14.5 Å². The second-order valence-electron chi connectivity index (χ2n) is 18.9. The molecule has 1 spiro atoms. The summed E-state index contributed by atoms with van der Waals surface area (Å²) in [6, 6.07) is 0. The lowest BCUT2D eigenvalue weighted by molar-refractivity contribution is -0.182. The van der Waals surface area contributed by atoms with Gasteiger partial charge in [0.25, 0.3) is 0 Å². The van der Waals surface area contributed by atoms with Gasteiger partial charge in [0.15, 0.2) is 5.41 Å². The summed E-state index contributed by atoms with van der Waals surface area (Å²) < 4.78 is 5.58. The Balaban J connectivity index is 0.979. The van der Waals surface area contributed by atoms with Crippen molar-refractivity contribution >= 4 is 11.9 Å². The van der Waals surface area contributed by atoms with Crippen LogP contribution in [0.5, 0.6) is 0 Å². The number of morpholine rings is 1. The number of aliphatic carboxylic acids is 2. The molecule has 260 valence electrons. The smallest absolute Gasteiger partial charge is 0.321 e. The average Bonchev–Trinajstić information content (AvgIpc) is 3.41. The summed E-state index contributed by atoms with van der Waals surface area (Å²) in [6.45, 7) is 16.5. The van der Waals surface area contributed by atoms with Crippen LogP contribution in [-0.4, -0.2) is 72.0 Å².